The van der Waals surface area contributed by atoms with E-state index < -0.39 is 10.0 Å². The van der Waals surface area contributed by atoms with E-state index in [-0.39, 0.29) is 10.8 Å². The maximum absolute atomic E-state index is 11.9. The fourth-order valence-corrected chi connectivity index (χ4v) is 2.87. The first-order valence-corrected chi connectivity index (χ1v) is 7.17. The number of benzene rings is 2. The van der Waals surface area contributed by atoms with E-state index >= 15 is 0 Å². The molecule has 1 amide bonds. The highest BCUT2D eigenvalue weighted by Gasteiger charge is 2.15. The monoisotopic (exact) mass is 278 g/mol. The molecule has 6 heteroatoms. The Morgan fingerprint density at radius 1 is 1.05 bits per heavy atom. The van der Waals surface area contributed by atoms with Crippen molar-refractivity contribution in [3.63, 3.8) is 0 Å². The predicted molar refractivity (Wildman–Crippen MR) is 74.5 cm³/mol. The number of sulfonamides is 1. The topological polar surface area (TPSA) is 75.3 Å². The maximum atomic E-state index is 11.9. The van der Waals surface area contributed by atoms with Crippen molar-refractivity contribution in [1.29, 1.82) is 0 Å². The van der Waals surface area contributed by atoms with Crippen LogP contribution in [0.25, 0.3) is 10.8 Å². The zero-order valence-electron chi connectivity index (χ0n) is 10.6. The van der Waals surface area contributed by atoms with Gasteiger partial charge in [0.1, 0.15) is 0 Å². The summed E-state index contributed by atoms with van der Waals surface area (Å²) >= 11 is 0. The zero-order chi connectivity index (χ0) is 14.0. The third kappa shape index (κ3) is 2.59. The second-order valence-electron chi connectivity index (χ2n) is 4.05. The molecule has 0 unspecified atom stereocenters. The van der Waals surface area contributed by atoms with Crippen molar-refractivity contribution in [3.05, 3.63) is 36.4 Å². The smallest absolute Gasteiger partial charge is 0.240 e. The Balaban J connectivity index is 2.75. The summed E-state index contributed by atoms with van der Waals surface area (Å²) in [6.07, 6.45) is 0. The molecule has 0 saturated heterocycles. The molecular formula is C13H14N2O3S. The van der Waals surface area contributed by atoms with Crippen molar-refractivity contribution in [2.75, 3.05) is 12.4 Å². The summed E-state index contributed by atoms with van der Waals surface area (Å²) in [4.78, 5) is 11.3. The summed E-state index contributed by atoms with van der Waals surface area (Å²) in [5.74, 6) is -0.200. The molecule has 0 aliphatic rings. The Bertz CT molecular complexity index is 739. The number of rotatable bonds is 3. The first-order chi connectivity index (χ1) is 8.95. The van der Waals surface area contributed by atoms with E-state index in [1.54, 1.807) is 30.3 Å². The molecule has 5 nitrogen and oxygen atoms in total. The van der Waals surface area contributed by atoms with Crippen LogP contribution in [-0.2, 0) is 14.8 Å². The van der Waals surface area contributed by atoms with Crippen LogP contribution in [0.1, 0.15) is 6.92 Å². The van der Waals surface area contributed by atoms with E-state index in [1.165, 1.54) is 20.0 Å². The van der Waals surface area contributed by atoms with Crippen LogP contribution in [0, 0.1) is 0 Å². The van der Waals surface area contributed by atoms with E-state index in [4.69, 9.17) is 0 Å². The second-order valence-corrected chi connectivity index (χ2v) is 5.90. The van der Waals surface area contributed by atoms with Crippen LogP contribution >= 0.6 is 0 Å². The van der Waals surface area contributed by atoms with Crippen LogP contribution in [0.2, 0.25) is 0 Å². The summed E-state index contributed by atoms with van der Waals surface area (Å²) in [5.41, 5.74) is 0.596. The number of fused-ring (bicyclic) bond motifs is 1. The number of carbonyl (C=O) groups excluding carboxylic acids is 1. The van der Waals surface area contributed by atoms with Gasteiger partial charge in [-0.2, -0.15) is 0 Å². The van der Waals surface area contributed by atoms with Crippen molar-refractivity contribution in [2.24, 2.45) is 0 Å². The van der Waals surface area contributed by atoms with Gasteiger partial charge in [0.05, 0.1) is 4.90 Å². The third-order valence-electron chi connectivity index (χ3n) is 2.75. The van der Waals surface area contributed by atoms with Gasteiger partial charge in [0.15, 0.2) is 0 Å². The molecule has 0 aromatic heterocycles. The van der Waals surface area contributed by atoms with E-state index in [0.29, 0.717) is 16.5 Å². The van der Waals surface area contributed by atoms with Crippen LogP contribution in [-0.4, -0.2) is 21.4 Å². The molecule has 0 radical (unpaired) electrons. The molecule has 0 aliphatic carbocycles. The minimum absolute atomic E-state index is 0.194. The molecule has 2 rings (SSSR count). The highest BCUT2D eigenvalue weighted by atomic mass is 32.2. The number of hydrogen-bond donors (Lipinski definition) is 2. The third-order valence-corrected chi connectivity index (χ3v) is 4.22. The molecule has 0 aliphatic heterocycles. The van der Waals surface area contributed by atoms with Gasteiger partial charge >= 0.3 is 0 Å². The van der Waals surface area contributed by atoms with Gasteiger partial charge in [-0.25, -0.2) is 13.1 Å². The first-order valence-electron chi connectivity index (χ1n) is 5.68. The van der Waals surface area contributed by atoms with E-state index in [0.717, 1.165) is 0 Å². The highest BCUT2D eigenvalue weighted by molar-refractivity contribution is 7.89. The summed E-state index contributed by atoms with van der Waals surface area (Å²) in [5, 5.41) is 3.95. The summed E-state index contributed by atoms with van der Waals surface area (Å²) in [7, 11) is -2.17. The number of amides is 1. The standard InChI is InChI=1S/C13H14N2O3S/c1-9(16)15-12-7-3-6-11-10(12)5-4-8-13(11)19(17,18)14-2/h3-8,14H,1-2H3,(H,15,16). The Morgan fingerprint density at radius 3 is 2.32 bits per heavy atom. The number of nitrogens with one attached hydrogen (secondary N) is 2. The molecule has 0 atom stereocenters. The minimum atomic E-state index is -3.53. The van der Waals surface area contributed by atoms with Crippen molar-refractivity contribution in [2.45, 2.75) is 11.8 Å². The molecular weight excluding hydrogens is 264 g/mol. The van der Waals surface area contributed by atoms with Gasteiger partial charge < -0.3 is 5.32 Å². The first kappa shape index (κ1) is 13.5. The average molecular weight is 278 g/mol. The molecule has 0 bridgehead atoms. The lowest BCUT2D eigenvalue weighted by Gasteiger charge is -2.10. The van der Waals surface area contributed by atoms with Crippen LogP contribution in [0.3, 0.4) is 0 Å². The van der Waals surface area contributed by atoms with Gasteiger partial charge in [-0.1, -0.05) is 24.3 Å². The van der Waals surface area contributed by atoms with Crippen LogP contribution in [0.15, 0.2) is 41.3 Å². The SMILES string of the molecule is CNS(=O)(=O)c1cccc2c(NC(C)=O)cccc12. The van der Waals surface area contributed by atoms with Crippen molar-refractivity contribution in [1.82, 2.24) is 4.72 Å². The molecule has 2 N–H and O–H groups in total. The highest BCUT2D eigenvalue weighted by Crippen LogP contribution is 2.28. The largest absolute Gasteiger partial charge is 0.326 e. The lowest BCUT2D eigenvalue weighted by Crippen LogP contribution is -2.18. The fraction of sp³-hybridized carbons (Fsp3) is 0.154. The summed E-state index contributed by atoms with van der Waals surface area (Å²) < 4.78 is 26.2. The normalized spacial score (nSPS) is 11.5. The summed E-state index contributed by atoms with van der Waals surface area (Å²) in [6, 6.07) is 10.1. The van der Waals surface area contributed by atoms with E-state index in [2.05, 4.69) is 10.0 Å². The number of hydrogen-bond acceptors (Lipinski definition) is 3. The van der Waals surface area contributed by atoms with Gasteiger partial charge in [0.25, 0.3) is 0 Å². The van der Waals surface area contributed by atoms with Crippen molar-refractivity contribution < 1.29 is 13.2 Å². The molecule has 100 valence electrons. The average Bonchev–Trinajstić information content (AvgIpc) is 2.38. The molecule has 0 heterocycles. The molecule has 0 fully saturated rings. The van der Waals surface area contributed by atoms with Gasteiger partial charge in [0, 0.05) is 23.4 Å². The van der Waals surface area contributed by atoms with E-state index in [9.17, 15) is 13.2 Å². The number of anilines is 1. The maximum Gasteiger partial charge on any atom is 0.240 e. The Hall–Kier alpha value is -1.92. The fourth-order valence-electron chi connectivity index (χ4n) is 1.92. The molecule has 0 saturated carbocycles. The lowest BCUT2D eigenvalue weighted by molar-refractivity contribution is -0.114. The number of carbonyl (C=O) groups is 1. The second kappa shape index (κ2) is 4.99. The summed E-state index contributed by atoms with van der Waals surface area (Å²) in [6.45, 7) is 1.41. The Kier molecular flexibility index (Phi) is 3.55. The van der Waals surface area contributed by atoms with Crippen molar-refractivity contribution >= 4 is 32.4 Å². The Labute approximate surface area is 111 Å². The Morgan fingerprint density at radius 2 is 1.68 bits per heavy atom. The van der Waals surface area contributed by atoms with E-state index in [1.807, 2.05) is 0 Å². The minimum Gasteiger partial charge on any atom is -0.326 e. The molecule has 2 aromatic rings. The van der Waals surface area contributed by atoms with Crippen LogP contribution in [0.4, 0.5) is 5.69 Å². The van der Waals surface area contributed by atoms with Crippen LogP contribution in [0.5, 0.6) is 0 Å². The predicted octanol–water partition coefficient (Wildman–Crippen LogP) is 1.71. The molecule has 19 heavy (non-hydrogen) atoms. The van der Waals surface area contributed by atoms with Gasteiger partial charge in [-0.3, -0.25) is 4.79 Å². The van der Waals surface area contributed by atoms with Gasteiger partial charge in [0.2, 0.25) is 15.9 Å². The quantitative estimate of drug-likeness (QED) is 0.897. The lowest BCUT2D eigenvalue weighted by atomic mass is 10.1. The van der Waals surface area contributed by atoms with Gasteiger partial charge in [-0.15, -0.1) is 0 Å². The van der Waals surface area contributed by atoms with Gasteiger partial charge in [-0.05, 0) is 19.2 Å². The van der Waals surface area contributed by atoms with Crippen molar-refractivity contribution in [3.8, 4) is 0 Å². The molecule has 0 spiro atoms. The van der Waals surface area contributed by atoms with Crippen LogP contribution < -0.4 is 10.0 Å². The molecule has 2 aromatic carbocycles. The zero-order valence-corrected chi connectivity index (χ0v) is 11.4.